The fourth-order valence-corrected chi connectivity index (χ4v) is 1.98. The van der Waals surface area contributed by atoms with Crippen LogP contribution in [0.4, 0.5) is 27.6 Å². The number of halogens is 5. The molecule has 0 aliphatic carbocycles. The molecule has 26 heavy (non-hydrogen) atoms. The SMILES string of the molecule is C[C@@H](OC(=O)c1c(F)cccc1F)C(=O)Nc1cccc(C(F)(F)F)c1. The van der Waals surface area contributed by atoms with Crippen LogP contribution in [-0.2, 0) is 15.7 Å². The van der Waals surface area contributed by atoms with Crippen molar-refractivity contribution in [2.24, 2.45) is 0 Å². The van der Waals surface area contributed by atoms with Crippen molar-refractivity contribution in [3.8, 4) is 0 Å². The number of carbonyl (C=O) groups excluding carboxylic acids is 2. The van der Waals surface area contributed by atoms with Gasteiger partial charge in [0.25, 0.3) is 5.91 Å². The summed E-state index contributed by atoms with van der Waals surface area (Å²) in [5, 5.41) is 2.14. The Balaban J connectivity index is 2.07. The summed E-state index contributed by atoms with van der Waals surface area (Å²) >= 11 is 0. The van der Waals surface area contributed by atoms with E-state index >= 15 is 0 Å². The average molecular weight is 373 g/mol. The van der Waals surface area contributed by atoms with Gasteiger partial charge in [-0.3, -0.25) is 4.79 Å². The highest BCUT2D eigenvalue weighted by molar-refractivity contribution is 5.97. The first-order chi connectivity index (χ1) is 12.1. The van der Waals surface area contributed by atoms with Crippen molar-refractivity contribution in [2.75, 3.05) is 5.32 Å². The van der Waals surface area contributed by atoms with Gasteiger partial charge in [0.1, 0.15) is 17.2 Å². The van der Waals surface area contributed by atoms with Gasteiger partial charge >= 0.3 is 12.1 Å². The summed E-state index contributed by atoms with van der Waals surface area (Å²) < 4.78 is 69.6. The second kappa shape index (κ2) is 7.51. The minimum atomic E-state index is -4.60. The molecular formula is C17H12F5NO3. The van der Waals surface area contributed by atoms with Crippen LogP contribution in [0, 0.1) is 11.6 Å². The Morgan fingerprint density at radius 1 is 1.04 bits per heavy atom. The summed E-state index contributed by atoms with van der Waals surface area (Å²) in [6, 6.07) is 6.54. The van der Waals surface area contributed by atoms with Crippen LogP contribution < -0.4 is 5.32 Å². The van der Waals surface area contributed by atoms with E-state index in [2.05, 4.69) is 10.1 Å². The number of hydrogen-bond donors (Lipinski definition) is 1. The molecule has 1 atom stereocenters. The highest BCUT2D eigenvalue weighted by Crippen LogP contribution is 2.30. The molecule has 1 N–H and O–H groups in total. The number of amides is 1. The molecule has 0 fully saturated rings. The Morgan fingerprint density at radius 2 is 1.62 bits per heavy atom. The van der Waals surface area contributed by atoms with E-state index in [9.17, 15) is 31.5 Å². The number of alkyl halides is 3. The minimum Gasteiger partial charge on any atom is -0.449 e. The van der Waals surface area contributed by atoms with E-state index in [1.807, 2.05) is 0 Å². The molecule has 0 aliphatic rings. The predicted octanol–water partition coefficient (Wildman–Crippen LogP) is 4.17. The molecule has 0 unspecified atom stereocenters. The van der Waals surface area contributed by atoms with Crippen molar-refractivity contribution in [3.63, 3.8) is 0 Å². The largest absolute Gasteiger partial charge is 0.449 e. The van der Waals surface area contributed by atoms with E-state index in [1.165, 1.54) is 6.07 Å². The third-order valence-corrected chi connectivity index (χ3v) is 3.28. The number of benzene rings is 2. The van der Waals surface area contributed by atoms with Crippen LogP contribution in [0.25, 0.3) is 0 Å². The normalized spacial score (nSPS) is 12.4. The van der Waals surface area contributed by atoms with Crippen molar-refractivity contribution < 1.29 is 36.3 Å². The summed E-state index contributed by atoms with van der Waals surface area (Å²) in [5.74, 6) is -4.71. The highest BCUT2D eigenvalue weighted by atomic mass is 19.4. The Hall–Kier alpha value is -2.97. The predicted molar refractivity (Wildman–Crippen MR) is 81.3 cm³/mol. The lowest BCUT2D eigenvalue weighted by atomic mass is 10.2. The first-order valence-corrected chi connectivity index (χ1v) is 7.22. The van der Waals surface area contributed by atoms with Crippen molar-refractivity contribution in [2.45, 2.75) is 19.2 Å². The molecule has 0 radical (unpaired) electrons. The van der Waals surface area contributed by atoms with Gasteiger partial charge in [0, 0.05) is 5.69 Å². The number of nitrogens with one attached hydrogen (secondary N) is 1. The molecule has 1 amide bonds. The summed E-state index contributed by atoms with van der Waals surface area (Å²) in [7, 11) is 0. The maximum atomic E-state index is 13.5. The van der Waals surface area contributed by atoms with Gasteiger partial charge in [-0.2, -0.15) is 13.2 Å². The van der Waals surface area contributed by atoms with Gasteiger partial charge in [0.2, 0.25) is 0 Å². The van der Waals surface area contributed by atoms with Gasteiger partial charge in [-0.1, -0.05) is 12.1 Å². The van der Waals surface area contributed by atoms with E-state index in [4.69, 9.17) is 0 Å². The third kappa shape index (κ3) is 4.56. The Kier molecular flexibility index (Phi) is 5.59. The van der Waals surface area contributed by atoms with Crippen LogP contribution in [0.1, 0.15) is 22.8 Å². The molecule has 0 heterocycles. The molecule has 0 spiro atoms. The third-order valence-electron chi connectivity index (χ3n) is 3.28. The smallest absolute Gasteiger partial charge is 0.416 e. The first-order valence-electron chi connectivity index (χ1n) is 7.22. The van der Waals surface area contributed by atoms with Crippen molar-refractivity contribution in [3.05, 3.63) is 65.2 Å². The molecular weight excluding hydrogens is 361 g/mol. The number of rotatable bonds is 4. The Bertz CT molecular complexity index is 815. The van der Waals surface area contributed by atoms with E-state index < -0.39 is 46.9 Å². The Morgan fingerprint density at radius 3 is 2.19 bits per heavy atom. The van der Waals surface area contributed by atoms with Crippen LogP contribution in [0.15, 0.2) is 42.5 Å². The van der Waals surface area contributed by atoms with Gasteiger partial charge in [-0.05, 0) is 37.3 Å². The molecule has 2 aromatic rings. The zero-order chi connectivity index (χ0) is 19.5. The van der Waals surface area contributed by atoms with Crippen molar-refractivity contribution in [1.29, 1.82) is 0 Å². The maximum absolute atomic E-state index is 13.5. The van der Waals surface area contributed by atoms with Crippen LogP contribution in [-0.4, -0.2) is 18.0 Å². The number of hydrogen-bond acceptors (Lipinski definition) is 3. The zero-order valence-electron chi connectivity index (χ0n) is 13.2. The van der Waals surface area contributed by atoms with Gasteiger partial charge < -0.3 is 10.1 Å². The summed E-state index contributed by atoms with van der Waals surface area (Å²) in [4.78, 5) is 23.8. The second-order valence-corrected chi connectivity index (χ2v) is 5.21. The van der Waals surface area contributed by atoms with Crippen LogP contribution in [0.5, 0.6) is 0 Å². The lowest BCUT2D eigenvalue weighted by molar-refractivity contribution is -0.137. The summed E-state index contributed by atoms with van der Waals surface area (Å²) in [5.41, 5.74) is -2.12. The average Bonchev–Trinajstić information content (AvgIpc) is 2.54. The fraction of sp³-hybridized carbons (Fsp3) is 0.176. The number of carbonyl (C=O) groups is 2. The van der Waals surface area contributed by atoms with Gasteiger partial charge in [-0.15, -0.1) is 0 Å². The minimum absolute atomic E-state index is 0.176. The summed E-state index contributed by atoms with van der Waals surface area (Å²) in [6.45, 7) is 1.11. The lowest BCUT2D eigenvalue weighted by Gasteiger charge is -2.15. The molecule has 0 aliphatic heterocycles. The zero-order valence-corrected chi connectivity index (χ0v) is 13.2. The fourth-order valence-electron chi connectivity index (χ4n) is 1.98. The highest BCUT2D eigenvalue weighted by Gasteiger charge is 2.31. The van der Waals surface area contributed by atoms with Gasteiger partial charge in [-0.25, -0.2) is 13.6 Å². The quantitative estimate of drug-likeness (QED) is 0.647. The number of ether oxygens (including phenoxy) is 1. The van der Waals surface area contributed by atoms with Crippen molar-refractivity contribution >= 4 is 17.6 Å². The molecule has 0 bridgehead atoms. The lowest BCUT2D eigenvalue weighted by Crippen LogP contribution is -2.30. The van der Waals surface area contributed by atoms with E-state index in [0.717, 1.165) is 37.3 Å². The second-order valence-electron chi connectivity index (χ2n) is 5.21. The molecule has 2 rings (SSSR count). The van der Waals surface area contributed by atoms with E-state index in [1.54, 1.807) is 0 Å². The van der Waals surface area contributed by atoms with Crippen LogP contribution in [0.3, 0.4) is 0 Å². The molecule has 9 heteroatoms. The molecule has 0 saturated heterocycles. The Labute approximate surface area is 144 Å². The van der Waals surface area contributed by atoms with Crippen LogP contribution in [0.2, 0.25) is 0 Å². The standard InChI is InChI=1S/C17H12F5NO3/c1-9(26-16(25)14-12(18)6-3-7-13(14)19)15(24)23-11-5-2-4-10(8-11)17(20,21)22/h2-9H,1H3,(H,23,24)/t9-/m1/s1. The van der Waals surface area contributed by atoms with Crippen molar-refractivity contribution in [1.82, 2.24) is 0 Å². The monoisotopic (exact) mass is 373 g/mol. The molecule has 138 valence electrons. The molecule has 4 nitrogen and oxygen atoms in total. The maximum Gasteiger partial charge on any atom is 0.416 e. The number of anilines is 1. The van der Waals surface area contributed by atoms with Gasteiger partial charge in [0.15, 0.2) is 6.10 Å². The topological polar surface area (TPSA) is 55.4 Å². The van der Waals surface area contributed by atoms with E-state index in [0.29, 0.717) is 6.07 Å². The number of esters is 1. The molecule has 0 saturated carbocycles. The van der Waals surface area contributed by atoms with E-state index in [-0.39, 0.29) is 5.69 Å². The van der Waals surface area contributed by atoms with Crippen LogP contribution >= 0.6 is 0 Å². The van der Waals surface area contributed by atoms with Gasteiger partial charge in [0.05, 0.1) is 5.56 Å². The summed E-state index contributed by atoms with van der Waals surface area (Å²) in [6.07, 6.45) is -6.10. The molecule has 0 aromatic heterocycles. The first kappa shape index (κ1) is 19.4. The molecule has 2 aromatic carbocycles.